The van der Waals surface area contributed by atoms with Crippen LogP contribution in [0.25, 0.3) is 0 Å². The van der Waals surface area contributed by atoms with Crippen LogP contribution >= 0.6 is 0 Å². The normalized spacial score (nSPS) is 25.2. The Hall–Kier alpha value is -1.93. The van der Waals surface area contributed by atoms with E-state index in [2.05, 4.69) is 4.72 Å². The molecule has 2 aliphatic rings. The fourth-order valence-electron chi connectivity index (χ4n) is 4.37. The van der Waals surface area contributed by atoms with Crippen molar-refractivity contribution in [2.24, 2.45) is 5.92 Å². The monoisotopic (exact) mass is 394 g/mol. The molecule has 0 bridgehead atoms. The summed E-state index contributed by atoms with van der Waals surface area (Å²) in [6.07, 6.45) is 5.28. The zero-order valence-electron chi connectivity index (χ0n) is 15.4. The maximum Gasteiger partial charge on any atom is 0.326 e. The molecule has 1 aliphatic carbocycles. The van der Waals surface area contributed by atoms with Gasteiger partial charge in [-0.15, -0.1) is 0 Å². The number of carbonyl (C=O) groups is 2. The fraction of sp³-hybridized carbons (Fsp3) is 0.579. The lowest BCUT2D eigenvalue weighted by Gasteiger charge is -2.33. The highest BCUT2D eigenvalue weighted by Gasteiger charge is 2.47. The minimum atomic E-state index is -3.48. The van der Waals surface area contributed by atoms with Gasteiger partial charge in [0.2, 0.25) is 15.9 Å². The van der Waals surface area contributed by atoms with Gasteiger partial charge in [-0.2, -0.15) is 0 Å². The standard InChI is InChI=1S/C19H26N2O5S/c1-20-27(25,26)15-9-6-13(7-10-15)8-11-18(22)21-16-5-3-2-4-14(16)12-17(21)19(23)24/h6-7,9-10,14,16-17,20H,2-5,8,11-12H2,1H3,(H,23,24)/t14-,16-,17+/m1/s1. The lowest BCUT2D eigenvalue weighted by molar-refractivity contribution is -0.149. The van der Waals surface area contributed by atoms with E-state index in [4.69, 9.17) is 0 Å². The van der Waals surface area contributed by atoms with Crippen molar-refractivity contribution < 1.29 is 23.1 Å². The van der Waals surface area contributed by atoms with E-state index < -0.39 is 22.0 Å². The molecule has 7 nitrogen and oxygen atoms in total. The maximum atomic E-state index is 12.8. The molecule has 1 aromatic carbocycles. The topological polar surface area (TPSA) is 104 Å². The van der Waals surface area contributed by atoms with Crippen LogP contribution in [-0.2, 0) is 26.0 Å². The molecule has 8 heteroatoms. The fourth-order valence-corrected chi connectivity index (χ4v) is 5.10. The number of aliphatic carboxylic acids is 1. The van der Waals surface area contributed by atoms with Crippen molar-refractivity contribution in [2.75, 3.05) is 7.05 Å². The predicted molar refractivity (Wildman–Crippen MR) is 99.6 cm³/mol. The first kappa shape index (κ1) is 19.8. The first-order valence-corrected chi connectivity index (χ1v) is 10.9. The summed E-state index contributed by atoms with van der Waals surface area (Å²) < 4.78 is 25.8. The Morgan fingerprint density at radius 3 is 2.48 bits per heavy atom. The Morgan fingerprint density at radius 1 is 1.19 bits per heavy atom. The van der Waals surface area contributed by atoms with E-state index in [1.54, 1.807) is 17.0 Å². The molecular formula is C19H26N2O5S. The van der Waals surface area contributed by atoms with E-state index >= 15 is 0 Å². The Morgan fingerprint density at radius 2 is 1.85 bits per heavy atom. The van der Waals surface area contributed by atoms with Gasteiger partial charge in [0.05, 0.1) is 4.90 Å². The lowest BCUT2D eigenvalue weighted by atomic mass is 9.84. The van der Waals surface area contributed by atoms with Gasteiger partial charge in [-0.05, 0) is 56.3 Å². The van der Waals surface area contributed by atoms with Crippen LogP contribution in [-0.4, -0.2) is 49.4 Å². The number of sulfonamides is 1. The van der Waals surface area contributed by atoms with Crippen molar-refractivity contribution in [2.45, 2.75) is 61.9 Å². The van der Waals surface area contributed by atoms with Crippen LogP contribution in [0.2, 0.25) is 0 Å². The second-order valence-corrected chi connectivity index (χ2v) is 9.24. The number of hydrogen-bond donors (Lipinski definition) is 2. The van der Waals surface area contributed by atoms with Gasteiger partial charge < -0.3 is 10.0 Å². The number of benzene rings is 1. The molecule has 0 unspecified atom stereocenters. The van der Waals surface area contributed by atoms with Crippen molar-refractivity contribution in [1.29, 1.82) is 0 Å². The highest BCUT2D eigenvalue weighted by atomic mass is 32.2. The number of carboxylic acids is 1. The van der Waals surface area contributed by atoms with E-state index in [0.717, 1.165) is 31.2 Å². The number of rotatable bonds is 6. The highest BCUT2D eigenvalue weighted by Crippen LogP contribution is 2.40. The van der Waals surface area contributed by atoms with Gasteiger partial charge in [0.15, 0.2) is 0 Å². The van der Waals surface area contributed by atoms with Crippen molar-refractivity contribution in [3.05, 3.63) is 29.8 Å². The van der Waals surface area contributed by atoms with Crippen LogP contribution in [0.3, 0.4) is 0 Å². The summed E-state index contributed by atoms with van der Waals surface area (Å²) in [7, 11) is -2.12. The predicted octanol–water partition coefficient (Wildman–Crippen LogP) is 1.77. The second-order valence-electron chi connectivity index (χ2n) is 7.35. The number of carbonyl (C=O) groups excluding carboxylic acids is 1. The van der Waals surface area contributed by atoms with E-state index in [1.165, 1.54) is 19.2 Å². The van der Waals surface area contributed by atoms with Crippen LogP contribution in [0.15, 0.2) is 29.2 Å². The molecule has 2 N–H and O–H groups in total. The minimum Gasteiger partial charge on any atom is -0.480 e. The molecule has 1 saturated heterocycles. The van der Waals surface area contributed by atoms with Crippen LogP contribution in [0.5, 0.6) is 0 Å². The number of likely N-dealkylation sites (tertiary alicyclic amines) is 1. The van der Waals surface area contributed by atoms with Crippen LogP contribution < -0.4 is 4.72 Å². The van der Waals surface area contributed by atoms with E-state index in [0.29, 0.717) is 18.8 Å². The van der Waals surface area contributed by atoms with E-state index in [9.17, 15) is 23.1 Å². The minimum absolute atomic E-state index is 0.0514. The zero-order valence-corrected chi connectivity index (χ0v) is 16.2. The largest absolute Gasteiger partial charge is 0.480 e. The molecule has 3 atom stereocenters. The number of nitrogens with one attached hydrogen (secondary N) is 1. The summed E-state index contributed by atoms with van der Waals surface area (Å²) >= 11 is 0. The van der Waals surface area contributed by atoms with Crippen molar-refractivity contribution in [1.82, 2.24) is 9.62 Å². The van der Waals surface area contributed by atoms with Gasteiger partial charge in [-0.1, -0.05) is 25.0 Å². The number of nitrogens with zero attached hydrogens (tertiary/aromatic N) is 1. The molecule has 0 spiro atoms. The van der Waals surface area contributed by atoms with E-state index in [1.807, 2.05) is 0 Å². The number of fused-ring (bicyclic) bond motifs is 1. The molecule has 1 aliphatic heterocycles. The average molecular weight is 394 g/mol. The molecule has 1 heterocycles. The third kappa shape index (κ3) is 4.16. The quantitative estimate of drug-likeness (QED) is 0.765. The number of hydrogen-bond acceptors (Lipinski definition) is 4. The molecule has 1 aromatic rings. The SMILES string of the molecule is CNS(=O)(=O)c1ccc(CCC(=O)N2[C@@H]3CCCC[C@@H]3C[C@H]2C(=O)O)cc1. The summed E-state index contributed by atoms with van der Waals surface area (Å²) in [5.74, 6) is -0.738. The zero-order chi connectivity index (χ0) is 19.6. The molecule has 0 aromatic heterocycles. The van der Waals surface area contributed by atoms with E-state index in [-0.39, 0.29) is 23.3 Å². The summed E-state index contributed by atoms with van der Waals surface area (Å²) in [5, 5.41) is 9.54. The van der Waals surface area contributed by atoms with Crippen molar-refractivity contribution >= 4 is 21.9 Å². The first-order valence-electron chi connectivity index (χ1n) is 9.40. The van der Waals surface area contributed by atoms with Crippen LogP contribution in [0.1, 0.15) is 44.1 Å². The molecule has 1 amide bonds. The number of amides is 1. The maximum absolute atomic E-state index is 12.8. The summed E-state index contributed by atoms with van der Waals surface area (Å²) in [4.78, 5) is 26.2. The molecule has 148 valence electrons. The Bertz CT molecular complexity index is 806. The molecule has 27 heavy (non-hydrogen) atoms. The summed E-state index contributed by atoms with van der Waals surface area (Å²) in [6.45, 7) is 0. The van der Waals surface area contributed by atoms with Crippen molar-refractivity contribution in [3.63, 3.8) is 0 Å². The Balaban J connectivity index is 1.66. The lowest BCUT2D eigenvalue weighted by Crippen LogP contribution is -2.46. The summed E-state index contributed by atoms with van der Waals surface area (Å²) in [6, 6.07) is 5.75. The number of carboxylic acid groups (broad SMARTS) is 1. The smallest absolute Gasteiger partial charge is 0.326 e. The number of aryl methyl sites for hydroxylation is 1. The molecule has 2 fully saturated rings. The second kappa shape index (κ2) is 7.98. The van der Waals surface area contributed by atoms with Gasteiger partial charge in [-0.25, -0.2) is 17.9 Å². The molecule has 3 rings (SSSR count). The Labute approximate surface area is 159 Å². The van der Waals surface area contributed by atoms with Crippen LogP contribution in [0, 0.1) is 5.92 Å². The van der Waals surface area contributed by atoms with Gasteiger partial charge in [0.25, 0.3) is 0 Å². The third-order valence-corrected chi connectivity index (χ3v) is 7.22. The molecule has 0 radical (unpaired) electrons. The highest BCUT2D eigenvalue weighted by molar-refractivity contribution is 7.89. The summed E-state index contributed by atoms with van der Waals surface area (Å²) in [5.41, 5.74) is 0.852. The van der Waals surface area contributed by atoms with Gasteiger partial charge in [0.1, 0.15) is 6.04 Å². The van der Waals surface area contributed by atoms with Gasteiger partial charge >= 0.3 is 5.97 Å². The third-order valence-electron chi connectivity index (χ3n) is 5.79. The Kier molecular flexibility index (Phi) is 5.86. The van der Waals surface area contributed by atoms with Crippen molar-refractivity contribution in [3.8, 4) is 0 Å². The molecular weight excluding hydrogens is 368 g/mol. The first-order chi connectivity index (χ1) is 12.8. The van der Waals surface area contributed by atoms with Gasteiger partial charge in [0, 0.05) is 12.5 Å². The van der Waals surface area contributed by atoms with Crippen LogP contribution in [0.4, 0.5) is 0 Å². The average Bonchev–Trinajstić information content (AvgIpc) is 3.06. The van der Waals surface area contributed by atoms with Gasteiger partial charge in [-0.3, -0.25) is 4.79 Å². The molecule has 1 saturated carbocycles.